The summed E-state index contributed by atoms with van der Waals surface area (Å²) in [6.45, 7) is 0. The molecule has 4 rings (SSSR count). The number of pyridine rings is 1. The topological polar surface area (TPSA) is 60.4 Å². The van der Waals surface area contributed by atoms with Crippen LogP contribution in [0.15, 0.2) is 66.9 Å². The first-order valence-electron chi connectivity index (χ1n) is 8.41. The van der Waals surface area contributed by atoms with Crippen molar-refractivity contribution >= 4 is 17.2 Å². The highest BCUT2D eigenvalue weighted by Gasteiger charge is 2.21. The lowest BCUT2D eigenvalue weighted by Gasteiger charge is -2.10. The van der Waals surface area contributed by atoms with Gasteiger partial charge in [-0.05, 0) is 30.3 Å². The maximum atomic E-state index is 13.5. The number of benzene rings is 2. The van der Waals surface area contributed by atoms with Gasteiger partial charge in [-0.1, -0.05) is 30.3 Å². The van der Waals surface area contributed by atoms with Crippen molar-refractivity contribution in [2.45, 2.75) is 6.43 Å². The molecular weight excluding hydrogens is 367 g/mol. The summed E-state index contributed by atoms with van der Waals surface area (Å²) in [6, 6.07) is 14.9. The van der Waals surface area contributed by atoms with Crippen LogP contribution in [-0.2, 0) is 0 Å². The highest BCUT2D eigenvalue weighted by Crippen LogP contribution is 2.35. The van der Waals surface area contributed by atoms with Crippen molar-refractivity contribution in [3.8, 4) is 11.3 Å². The summed E-state index contributed by atoms with van der Waals surface area (Å²) in [4.78, 5) is 16.9. The number of carbonyl (C=O) groups is 1. The van der Waals surface area contributed by atoms with Crippen molar-refractivity contribution in [2.75, 3.05) is 5.73 Å². The Morgan fingerprint density at radius 3 is 2.46 bits per heavy atom. The number of hydrogen-bond acceptors (Lipinski definition) is 3. The van der Waals surface area contributed by atoms with Gasteiger partial charge >= 0.3 is 0 Å². The van der Waals surface area contributed by atoms with E-state index in [1.807, 2.05) is 0 Å². The number of rotatable bonds is 4. The van der Waals surface area contributed by atoms with Gasteiger partial charge in [-0.15, -0.1) is 0 Å². The van der Waals surface area contributed by atoms with Crippen LogP contribution in [-0.4, -0.2) is 15.2 Å². The number of ketones is 1. The van der Waals surface area contributed by atoms with E-state index in [0.29, 0.717) is 16.8 Å². The van der Waals surface area contributed by atoms with Crippen molar-refractivity contribution in [3.05, 3.63) is 89.4 Å². The number of nitrogens with zero attached hydrogens (tertiary/aromatic N) is 2. The zero-order valence-electron chi connectivity index (χ0n) is 14.4. The Bertz CT molecular complexity index is 1190. The fraction of sp³-hybridized carbons (Fsp3) is 0.0476. The minimum Gasteiger partial charge on any atom is -0.382 e. The van der Waals surface area contributed by atoms with Crippen LogP contribution in [0, 0.1) is 5.82 Å². The molecule has 0 spiro atoms. The Morgan fingerprint density at radius 1 is 1.00 bits per heavy atom. The molecular formula is C21H14F3N3O. The number of fused-ring (bicyclic) bond motifs is 1. The molecule has 2 aromatic carbocycles. The zero-order valence-corrected chi connectivity index (χ0v) is 14.4. The van der Waals surface area contributed by atoms with Gasteiger partial charge in [-0.2, -0.15) is 0 Å². The predicted octanol–water partition coefficient (Wildman–Crippen LogP) is 4.89. The highest BCUT2D eigenvalue weighted by molar-refractivity contribution is 6.09. The Balaban J connectivity index is 1.91. The lowest BCUT2D eigenvalue weighted by Crippen LogP contribution is -2.04. The van der Waals surface area contributed by atoms with Gasteiger partial charge in [0.15, 0.2) is 11.6 Å². The molecule has 0 aliphatic carbocycles. The first-order chi connectivity index (χ1) is 13.5. The molecule has 2 heterocycles. The number of nitrogen functional groups attached to an aromatic ring is 1. The second kappa shape index (κ2) is 6.84. The van der Waals surface area contributed by atoms with Crippen LogP contribution >= 0.6 is 0 Å². The van der Waals surface area contributed by atoms with Gasteiger partial charge in [0.2, 0.25) is 0 Å². The molecule has 4 nitrogen and oxygen atoms in total. The number of aromatic nitrogens is 2. The smallest absolute Gasteiger partial charge is 0.264 e. The van der Waals surface area contributed by atoms with Crippen LogP contribution in [0.4, 0.5) is 19.0 Å². The fourth-order valence-electron chi connectivity index (χ4n) is 3.15. The number of nitrogens with two attached hydrogens (primary N) is 1. The van der Waals surface area contributed by atoms with Gasteiger partial charge in [0.05, 0.1) is 5.69 Å². The van der Waals surface area contributed by atoms with Crippen molar-refractivity contribution in [3.63, 3.8) is 0 Å². The molecule has 2 N–H and O–H groups in total. The molecule has 2 aromatic heterocycles. The molecule has 0 radical (unpaired) electrons. The summed E-state index contributed by atoms with van der Waals surface area (Å²) in [5.74, 6) is -0.988. The summed E-state index contributed by atoms with van der Waals surface area (Å²) >= 11 is 0. The quantitative estimate of drug-likeness (QED) is 0.512. The second-order valence-electron chi connectivity index (χ2n) is 6.22. The van der Waals surface area contributed by atoms with E-state index in [2.05, 4.69) is 4.98 Å². The van der Waals surface area contributed by atoms with E-state index in [1.165, 1.54) is 16.7 Å². The van der Waals surface area contributed by atoms with Gasteiger partial charge in [-0.25, -0.2) is 18.2 Å². The van der Waals surface area contributed by atoms with Gasteiger partial charge in [0, 0.05) is 28.5 Å². The van der Waals surface area contributed by atoms with Crippen LogP contribution < -0.4 is 5.73 Å². The standard InChI is InChI=1S/C21H14F3N3O/c22-14-7-8-15(16(10-14)20(23)24)18-21(25)26-17-9-6-13(11-27(17)18)19(28)12-4-2-1-3-5-12/h1-11,20H,25H2. The lowest BCUT2D eigenvalue weighted by atomic mass is 10.0. The molecule has 4 aromatic rings. The molecule has 0 atom stereocenters. The lowest BCUT2D eigenvalue weighted by molar-refractivity contribution is 0.103. The highest BCUT2D eigenvalue weighted by atomic mass is 19.3. The van der Waals surface area contributed by atoms with Gasteiger partial charge in [0.1, 0.15) is 11.5 Å². The van der Waals surface area contributed by atoms with E-state index in [-0.39, 0.29) is 22.9 Å². The Hall–Kier alpha value is -3.61. The molecule has 0 fully saturated rings. The van der Waals surface area contributed by atoms with Crippen LogP contribution in [0.2, 0.25) is 0 Å². The Kier molecular flexibility index (Phi) is 4.35. The largest absolute Gasteiger partial charge is 0.382 e. The molecule has 0 aliphatic heterocycles. The summed E-state index contributed by atoms with van der Waals surface area (Å²) in [5, 5.41) is 0. The Labute approximate surface area is 158 Å². The van der Waals surface area contributed by atoms with Gasteiger partial charge in [-0.3, -0.25) is 9.20 Å². The van der Waals surface area contributed by atoms with Crippen LogP contribution in [0.5, 0.6) is 0 Å². The molecule has 0 unspecified atom stereocenters. The number of alkyl halides is 2. The third kappa shape index (κ3) is 3.00. The third-order valence-electron chi connectivity index (χ3n) is 4.45. The fourth-order valence-corrected chi connectivity index (χ4v) is 3.15. The first-order valence-corrected chi connectivity index (χ1v) is 8.41. The maximum absolute atomic E-state index is 13.5. The number of hydrogen-bond donors (Lipinski definition) is 1. The van der Waals surface area contributed by atoms with Crippen molar-refractivity contribution in [1.29, 1.82) is 0 Å². The van der Waals surface area contributed by atoms with Crippen LogP contribution in [0.3, 0.4) is 0 Å². The summed E-state index contributed by atoms with van der Waals surface area (Å²) in [6.07, 6.45) is -1.40. The predicted molar refractivity (Wildman–Crippen MR) is 99.8 cm³/mol. The van der Waals surface area contributed by atoms with Crippen molar-refractivity contribution < 1.29 is 18.0 Å². The van der Waals surface area contributed by atoms with E-state index in [9.17, 15) is 18.0 Å². The number of anilines is 1. The second-order valence-corrected chi connectivity index (χ2v) is 6.22. The third-order valence-corrected chi connectivity index (χ3v) is 4.45. The van der Waals surface area contributed by atoms with E-state index < -0.39 is 17.8 Å². The van der Waals surface area contributed by atoms with Crippen molar-refractivity contribution in [1.82, 2.24) is 9.38 Å². The first kappa shape index (κ1) is 17.8. The summed E-state index contributed by atoms with van der Waals surface area (Å²) in [7, 11) is 0. The molecule has 7 heteroatoms. The average Bonchev–Trinajstić information content (AvgIpc) is 3.03. The van der Waals surface area contributed by atoms with E-state index in [1.54, 1.807) is 42.5 Å². The average molecular weight is 381 g/mol. The maximum Gasteiger partial charge on any atom is 0.264 e. The van der Waals surface area contributed by atoms with Gasteiger partial charge in [0.25, 0.3) is 6.43 Å². The van der Waals surface area contributed by atoms with E-state index >= 15 is 0 Å². The van der Waals surface area contributed by atoms with Crippen molar-refractivity contribution in [2.24, 2.45) is 0 Å². The van der Waals surface area contributed by atoms with Crippen LogP contribution in [0.1, 0.15) is 27.9 Å². The van der Waals surface area contributed by atoms with Crippen LogP contribution in [0.25, 0.3) is 16.9 Å². The Morgan fingerprint density at radius 2 is 1.75 bits per heavy atom. The van der Waals surface area contributed by atoms with E-state index in [0.717, 1.165) is 12.1 Å². The molecule has 0 bridgehead atoms. The summed E-state index contributed by atoms with van der Waals surface area (Å²) < 4.78 is 41.9. The minimum atomic E-state index is -2.90. The number of imidazole rings is 1. The van der Waals surface area contributed by atoms with Gasteiger partial charge < -0.3 is 5.73 Å². The number of carbonyl (C=O) groups excluding carboxylic acids is 1. The zero-order chi connectivity index (χ0) is 19.8. The van der Waals surface area contributed by atoms with E-state index in [4.69, 9.17) is 5.73 Å². The molecule has 140 valence electrons. The monoisotopic (exact) mass is 381 g/mol. The molecule has 0 amide bonds. The normalized spacial score (nSPS) is 11.3. The minimum absolute atomic E-state index is 0.0119. The molecule has 0 aliphatic rings. The molecule has 0 saturated carbocycles. The number of halogens is 3. The molecule has 0 saturated heterocycles. The summed E-state index contributed by atoms with van der Waals surface area (Å²) in [5.41, 5.74) is 6.96. The SMILES string of the molecule is Nc1nc2ccc(C(=O)c3ccccc3)cn2c1-c1ccc(F)cc1C(F)F. The molecule has 28 heavy (non-hydrogen) atoms.